The molecule has 4 aliphatic rings. The number of nitrogens with two attached hydrogens (primary N) is 1. The van der Waals surface area contributed by atoms with Crippen molar-refractivity contribution in [2.75, 3.05) is 13.1 Å². The predicted molar refractivity (Wildman–Crippen MR) is 86.4 cm³/mol. The summed E-state index contributed by atoms with van der Waals surface area (Å²) in [4.78, 5) is 21.9. The van der Waals surface area contributed by atoms with Gasteiger partial charge in [0.1, 0.15) is 0 Å². The summed E-state index contributed by atoms with van der Waals surface area (Å²) in [7, 11) is 0. The van der Waals surface area contributed by atoms with Crippen molar-refractivity contribution in [3.63, 3.8) is 0 Å². The molecule has 0 saturated heterocycles. The Balaban J connectivity index is 1.49. The molecule has 0 spiro atoms. The Morgan fingerprint density at radius 1 is 1.52 bits per heavy atom. The maximum atomic E-state index is 11.3. The molecule has 3 aliphatic carbocycles. The lowest BCUT2D eigenvalue weighted by Gasteiger charge is -2.57. The molecule has 2 bridgehead atoms. The zero-order valence-electron chi connectivity index (χ0n) is 13.8. The number of nitrogens with zero attached hydrogens (tertiary/aromatic N) is 3. The highest BCUT2D eigenvalue weighted by Crippen LogP contribution is 2.59. The van der Waals surface area contributed by atoms with E-state index in [1.165, 1.54) is 12.8 Å². The van der Waals surface area contributed by atoms with Gasteiger partial charge in [-0.05, 0) is 36.5 Å². The third-order valence-corrected chi connectivity index (χ3v) is 6.15. The van der Waals surface area contributed by atoms with E-state index in [9.17, 15) is 4.79 Å². The van der Waals surface area contributed by atoms with Crippen LogP contribution in [0.3, 0.4) is 0 Å². The first-order valence-electron chi connectivity index (χ1n) is 8.43. The highest BCUT2D eigenvalue weighted by molar-refractivity contribution is 5.88. The van der Waals surface area contributed by atoms with Crippen molar-refractivity contribution in [1.29, 1.82) is 0 Å². The molecule has 1 aliphatic heterocycles. The van der Waals surface area contributed by atoms with E-state index in [-0.39, 0.29) is 5.82 Å². The van der Waals surface area contributed by atoms with Crippen LogP contribution in [-0.2, 0) is 13.0 Å². The average Bonchev–Trinajstić information content (AvgIpc) is 2.54. The highest BCUT2D eigenvalue weighted by atomic mass is 16.1. The van der Waals surface area contributed by atoms with Crippen LogP contribution in [0.2, 0.25) is 0 Å². The molecule has 1 amide bonds. The number of primary amides is 1. The fraction of sp³-hybridized carbons (Fsp3) is 0.611. The third-order valence-electron chi connectivity index (χ3n) is 6.15. The molecule has 121 valence electrons. The normalized spacial score (nSPS) is 28.5. The fourth-order valence-corrected chi connectivity index (χ4v) is 4.46. The number of hydrogen-bond acceptors (Lipinski definition) is 4. The molecule has 1 saturated carbocycles. The van der Waals surface area contributed by atoms with E-state index in [1.54, 1.807) is 5.57 Å². The Kier molecular flexibility index (Phi) is 3.30. The van der Waals surface area contributed by atoms with Gasteiger partial charge >= 0.3 is 0 Å². The molecule has 5 rings (SSSR count). The zero-order chi connectivity index (χ0) is 16.2. The largest absolute Gasteiger partial charge is 0.363 e. The summed E-state index contributed by atoms with van der Waals surface area (Å²) in [6, 6.07) is 0. The summed E-state index contributed by atoms with van der Waals surface area (Å²) in [5, 5.41) is 0. The molecule has 2 heterocycles. The molecule has 2 unspecified atom stereocenters. The molecular formula is C18H23N4O. The number of aromatic nitrogens is 2. The van der Waals surface area contributed by atoms with Crippen molar-refractivity contribution >= 4 is 5.91 Å². The van der Waals surface area contributed by atoms with Gasteiger partial charge in [0.2, 0.25) is 5.82 Å². The standard InChI is InChI=1S/C18H23N4O/c1-18(2)13-4-3-12(14(18)7-13)9-22-6-5-11-8-20-17(16(19)23)21-15(11)10-22/h3,13-14H,4-7,9-10H2,1-2H3,(H2,19,23). The second kappa shape index (κ2) is 5.13. The van der Waals surface area contributed by atoms with Gasteiger partial charge in [0, 0.05) is 25.2 Å². The first-order valence-corrected chi connectivity index (χ1v) is 8.43. The molecule has 1 aromatic heterocycles. The fourth-order valence-electron chi connectivity index (χ4n) is 4.46. The zero-order valence-corrected chi connectivity index (χ0v) is 13.8. The summed E-state index contributed by atoms with van der Waals surface area (Å²) in [6.07, 6.45) is 8.86. The van der Waals surface area contributed by atoms with Crippen LogP contribution in [0, 0.1) is 23.4 Å². The average molecular weight is 311 g/mol. The van der Waals surface area contributed by atoms with Crippen LogP contribution < -0.4 is 5.73 Å². The Labute approximate surface area is 137 Å². The molecule has 23 heavy (non-hydrogen) atoms. The van der Waals surface area contributed by atoms with E-state index in [1.807, 2.05) is 0 Å². The quantitative estimate of drug-likeness (QED) is 0.863. The van der Waals surface area contributed by atoms with Gasteiger partial charge in [-0.2, -0.15) is 0 Å². The number of fused-ring (bicyclic) bond motifs is 2. The SMILES string of the molecule is CC1(C)C2CC=C(CN3CCc4[c]nc(C(N)=O)nc4C3)C1C2. The third kappa shape index (κ3) is 2.38. The number of hydrogen-bond donors (Lipinski definition) is 1. The van der Waals surface area contributed by atoms with Crippen molar-refractivity contribution in [3.8, 4) is 0 Å². The van der Waals surface area contributed by atoms with Gasteiger partial charge < -0.3 is 5.73 Å². The van der Waals surface area contributed by atoms with Crippen molar-refractivity contribution < 1.29 is 4.79 Å². The lowest BCUT2D eigenvalue weighted by Crippen LogP contribution is -2.50. The molecule has 5 nitrogen and oxygen atoms in total. The highest BCUT2D eigenvalue weighted by Gasteiger charge is 2.51. The monoisotopic (exact) mass is 311 g/mol. The summed E-state index contributed by atoms with van der Waals surface area (Å²) in [6.45, 7) is 7.58. The van der Waals surface area contributed by atoms with E-state index in [0.717, 1.165) is 49.1 Å². The maximum Gasteiger partial charge on any atom is 0.286 e. The summed E-state index contributed by atoms with van der Waals surface area (Å²) >= 11 is 0. The van der Waals surface area contributed by atoms with E-state index in [0.29, 0.717) is 5.41 Å². The Morgan fingerprint density at radius 3 is 3.04 bits per heavy atom. The first-order chi connectivity index (χ1) is 10.9. The van der Waals surface area contributed by atoms with Gasteiger partial charge in [-0.15, -0.1) is 0 Å². The van der Waals surface area contributed by atoms with Crippen LogP contribution in [-0.4, -0.2) is 33.9 Å². The summed E-state index contributed by atoms with van der Waals surface area (Å²) in [5.41, 5.74) is 9.26. The molecular weight excluding hydrogens is 288 g/mol. The number of carbonyl (C=O) groups is 1. The molecule has 1 radical (unpaired) electrons. The smallest absolute Gasteiger partial charge is 0.286 e. The number of carbonyl (C=O) groups excluding carboxylic acids is 1. The Morgan fingerprint density at radius 2 is 2.35 bits per heavy atom. The lowest BCUT2D eigenvalue weighted by molar-refractivity contribution is -0.0110. The molecule has 5 heteroatoms. The van der Waals surface area contributed by atoms with Crippen LogP contribution in [0.1, 0.15) is 48.6 Å². The van der Waals surface area contributed by atoms with E-state index in [2.05, 4.69) is 41.0 Å². The van der Waals surface area contributed by atoms with Crippen LogP contribution in [0.15, 0.2) is 11.6 Å². The first kappa shape index (κ1) is 14.8. The second-order valence-electron chi connectivity index (χ2n) is 7.73. The van der Waals surface area contributed by atoms with E-state index in [4.69, 9.17) is 5.73 Å². The molecule has 1 fully saturated rings. The van der Waals surface area contributed by atoms with Gasteiger partial charge in [0.05, 0.1) is 11.9 Å². The van der Waals surface area contributed by atoms with Crippen molar-refractivity contribution in [3.05, 3.63) is 34.9 Å². The predicted octanol–water partition coefficient (Wildman–Crippen LogP) is 1.73. The number of amides is 1. The number of allylic oxidation sites excluding steroid dienone is 1. The minimum absolute atomic E-state index is 0.0745. The lowest BCUT2D eigenvalue weighted by atomic mass is 9.49. The minimum atomic E-state index is -0.585. The van der Waals surface area contributed by atoms with Crippen molar-refractivity contribution in [2.45, 2.75) is 39.7 Å². The molecule has 2 atom stereocenters. The Hall–Kier alpha value is -1.75. The van der Waals surface area contributed by atoms with Crippen LogP contribution in [0.5, 0.6) is 0 Å². The molecule has 0 aromatic carbocycles. The van der Waals surface area contributed by atoms with Gasteiger partial charge in [-0.25, -0.2) is 9.97 Å². The van der Waals surface area contributed by atoms with E-state index < -0.39 is 5.91 Å². The van der Waals surface area contributed by atoms with Gasteiger partial charge in [0.25, 0.3) is 5.91 Å². The van der Waals surface area contributed by atoms with Crippen LogP contribution in [0.25, 0.3) is 0 Å². The number of rotatable bonds is 3. The summed E-state index contributed by atoms with van der Waals surface area (Å²) < 4.78 is 0. The second-order valence-corrected chi connectivity index (χ2v) is 7.73. The van der Waals surface area contributed by atoms with Crippen molar-refractivity contribution in [2.24, 2.45) is 23.0 Å². The summed E-state index contributed by atoms with van der Waals surface area (Å²) in [5.74, 6) is 1.10. The van der Waals surface area contributed by atoms with Gasteiger partial charge in [-0.3, -0.25) is 9.69 Å². The van der Waals surface area contributed by atoms with Crippen LogP contribution in [0.4, 0.5) is 0 Å². The topological polar surface area (TPSA) is 72.1 Å². The molecule has 2 N–H and O–H groups in total. The molecule has 1 aromatic rings. The van der Waals surface area contributed by atoms with Gasteiger partial charge in [-0.1, -0.05) is 25.5 Å². The minimum Gasteiger partial charge on any atom is -0.363 e. The Bertz CT molecular complexity index is 694. The van der Waals surface area contributed by atoms with Gasteiger partial charge in [0.15, 0.2) is 0 Å². The maximum absolute atomic E-state index is 11.3. The van der Waals surface area contributed by atoms with Crippen LogP contribution >= 0.6 is 0 Å². The van der Waals surface area contributed by atoms with E-state index >= 15 is 0 Å². The van der Waals surface area contributed by atoms with Crippen molar-refractivity contribution in [1.82, 2.24) is 14.9 Å².